The highest BCUT2D eigenvalue weighted by Crippen LogP contribution is 2.67. The zero-order chi connectivity index (χ0) is 21.0. The number of hydrogen-bond acceptors (Lipinski definition) is 9. The van der Waals surface area contributed by atoms with Gasteiger partial charge in [0.15, 0.2) is 11.5 Å². The lowest BCUT2D eigenvalue weighted by molar-refractivity contribution is -0.132. The number of imidazole rings is 1. The summed E-state index contributed by atoms with van der Waals surface area (Å²) >= 11 is 0. The highest BCUT2D eigenvalue weighted by atomic mass is 16.3. The summed E-state index contributed by atoms with van der Waals surface area (Å²) in [4.78, 5) is 33.2. The predicted molar refractivity (Wildman–Crippen MR) is 104 cm³/mol. The third kappa shape index (κ3) is 2.52. The summed E-state index contributed by atoms with van der Waals surface area (Å²) in [7, 11) is 1.51. The lowest BCUT2D eigenvalue weighted by Gasteiger charge is -2.23. The van der Waals surface area contributed by atoms with Gasteiger partial charge in [0.25, 0.3) is 0 Å². The number of carbonyl (C=O) groups excluding carboxylic acids is 1. The Morgan fingerprint density at radius 1 is 1.27 bits per heavy atom. The molecule has 0 unspecified atom stereocenters. The molecule has 30 heavy (non-hydrogen) atoms. The molecule has 3 aromatic rings. The van der Waals surface area contributed by atoms with Crippen molar-refractivity contribution >= 4 is 28.9 Å². The van der Waals surface area contributed by atoms with E-state index in [2.05, 4.69) is 30.2 Å². The number of hydrogen-bond donors (Lipinski definition) is 4. The molecule has 0 radical (unpaired) electrons. The molecule has 0 aliphatic heterocycles. The number of carbonyl (C=O) groups is 1. The monoisotopic (exact) mass is 409 g/mol. The molecule has 11 nitrogen and oxygen atoms in total. The maximum atomic E-state index is 12.3. The first kappa shape index (κ1) is 18.6. The van der Waals surface area contributed by atoms with Gasteiger partial charge in [-0.2, -0.15) is 0 Å². The normalized spacial score (nSPS) is 30.3. The molecular formula is C19H19N7O4. The van der Waals surface area contributed by atoms with Gasteiger partial charge in [-0.05, 0) is 6.42 Å². The van der Waals surface area contributed by atoms with E-state index in [1.807, 2.05) is 0 Å². The second-order valence-electron chi connectivity index (χ2n) is 7.57. The van der Waals surface area contributed by atoms with Gasteiger partial charge in [-0.3, -0.25) is 9.78 Å². The van der Waals surface area contributed by atoms with Crippen LogP contribution >= 0.6 is 0 Å². The number of aliphatic hydroxyl groups excluding tert-OH is 3. The summed E-state index contributed by atoms with van der Waals surface area (Å²) < 4.78 is 1.67. The van der Waals surface area contributed by atoms with Gasteiger partial charge in [0.05, 0.1) is 36.3 Å². The third-order valence-corrected chi connectivity index (χ3v) is 6.07. The Morgan fingerprint density at radius 2 is 2.10 bits per heavy atom. The molecule has 3 aromatic heterocycles. The highest BCUT2D eigenvalue weighted by Gasteiger charge is 2.75. The molecule has 0 spiro atoms. The van der Waals surface area contributed by atoms with Crippen LogP contribution in [0.1, 0.15) is 24.0 Å². The van der Waals surface area contributed by atoms with E-state index < -0.39 is 23.7 Å². The van der Waals surface area contributed by atoms with E-state index in [0.29, 0.717) is 17.6 Å². The minimum Gasteiger partial charge on any atom is -0.505 e. The third-order valence-electron chi connectivity index (χ3n) is 6.07. The largest absolute Gasteiger partial charge is 0.505 e. The first-order valence-electron chi connectivity index (χ1n) is 9.42. The van der Waals surface area contributed by atoms with Gasteiger partial charge in [0, 0.05) is 31.4 Å². The molecule has 0 bridgehead atoms. The van der Waals surface area contributed by atoms with Crippen molar-refractivity contribution in [3.8, 4) is 0 Å². The summed E-state index contributed by atoms with van der Waals surface area (Å²) in [5.41, 5.74) is 0.206. The minimum atomic E-state index is -1.17. The molecule has 154 valence electrons. The molecule has 2 saturated carbocycles. The van der Waals surface area contributed by atoms with Crippen molar-refractivity contribution in [3.63, 3.8) is 0 Å². The van der Waals surface area contributed by atoms with Crippen LogP contribution in [0.25, 0.3) is 23.0 Å². The Hall–Kier alpha value is -3.44. The summed E-state index contributed by atoms with van der Waals surface area (Å²) in [6.07, 6.45) is 6.91. The molecule has 4 N–H and O–H groups in total. The number of fused-ring (bicyclic) bond motifs is 2. The van der Waals surface area contributed by atoms with Gasteiger partial charge >= 0.3 is 0 Å². The summed E-state index contributed by atoms with van der Waals surface area (Å²) in [5.74, 6) is -0.445. The van der Waals surface area contributed by atoms with Gasteiger partial charge in [0.1, 0.15) is 23.1 Å². The molecule has 5 atom stereocenters. The second-order valence-corrected chi connectivity index (χ2v) is 7.57. The zero-order valence-electron chi connectivity index (χ0n) is 15.9. The van der Waals surface area contributed by atoms with E-state index in [4.69, 9.17) is 0 Å². The fourth-order valence-electron chi connectivity index (χ4n) is 4.54. The minimum absolute atomic E-state index is 0.148. The first-order chi connectivity index (χ1) is 14.5. The SMILES string of the molecule is CNC(=O)[C@@]12C[C@@H]1[C@@H](n1cnc3cnc(/C=C(\O)c4cnccn4)nc31)[C@H](O)[C@@H]2O. The molecule has 2 aliphatic carbocycles. The molecule has 11 heteroatoms. The summed E-state index contributed by atoms with van der Waals surface area (Å²) in [6, 6.07) is -0.553. The van der Waals surface area contributed by atoms with E-state index >= 15 is 0 Å². The number of nitrogens with one attached hydrogen (secondary N) is 1. The number of amides is 1. The highest BCUT2D eigenvalue weighted by molar-refractivity contribution is 5.87. The molecule has 2 fully saturated rings. The summed E-state index contributed by atoms with van der Waals surface area (Å²) in [6.45, 7) is 0. The Balaban J connectivity index is 1.53. The molecule has 2 aliphatic rings. The van der Waals surface area contributed by atoms with Crippen molar-refractivity contribution in [1.82, 2.24) is 34.8 Å². The second kappa shape index (κ2) is 6.54. The Labute approximate surface area is 170 Å². The fraction of sp³-hybridized carbons (Fsp3) is 0.368. The van der Waals surface area contributed by atoms with Crippen LogP contribution in [0.15, 0.2) is 31.1 Å². The Bertz CT molecular complexity index is 1160. The molecule has 5 rings (SSSR count). The Kier molecular flexibility index (Phi) is 4.05. The van der Waals surface area contributed by atoms with Crippen LogP contribution in [0, 0.1) is 11.3 Å². The van der Waals surface area contributed by atoms with E-state index in [0.717, 1.165) is 0 Å². The van der Waals surface area contributed by atoms with Crippen molar-refractivity contribution in [2.45, 2.75) is 24.7 Å². The van der Waals surface area contributed by atoms with Crippen molar-refractivity contribution < 1.29 is 20.1 Å². The zero-order valence-corrected chi connectivity index (χ0v) is 15.9. The number of aliphatic hydroxyl groups is 3. The molecule has 0 aromatic carbocycles. The maximum Gasteiger partial charge on any atom is 0.229 e. The molecule has 1 amide bonds. The average Bonchev–Trinajstić information content (AvgIpc) is 3.31. The molecule has 0 saturated heterocycles. The van der Waals surface area contributed by atoms with Crippen LogP contribution in [0.5, 0.6) is 0 Å². The van der Waals surface area contributed by atoms with Crippen LogP contribution in [-0.4, -0.2) is 70.0 Å². The van der Waals surface area contributed by atoms with Crippen molar-refractivity contribution in [3.05, 3.63) is 42.6 Å². The van der Waals surface area contributed by atoms with Crippen LogP contribution in [0.2, 0.25) is 0 Å². The van der Waals surface area contributed by atoms with Crippen LogP contribution < -0.4 is 5.32 Å². The van der Waals surface area contributed by atoms with Gasteiger partial charge in [-0.15, -0.1) is 0 Å². The first-order valence-corrected chi connectivity index (χ1v) is 9.42. The van der Waals surface area contributed by atoms with Crippen molar-refractivity contribution in [1.29, 1.82) is 0 Å². The predicted octanol–water partition coefficient (Wildman–Crippen LogP) is -0.299. The van der Waals surface area contributed by atoms with E-state index in [-0.39, 0.29) is 29.1 Å². The maximum absolute atomic E-state index is 12.3. The molecular weight excluding hydrogens is 390 g/mol. The summed E-state index contributed by atoms with van der Waals surface area (Å²) in [5, 5.41) is 34.1. The lowest BCUT2D eigenvalue weighted by Crippen LogP contribution is -2.41. The van der Waals surface area contributed by atoms with Gasteiger partial charge in [-0.1, -0.05) is 0 Å². The fourth-order valence-corrected chi connectivity index (χ4v) is 4.54. The van der Waals surface area contributed by atoms with E-state index in [1.54, 1.807) is 4.57 Å². The van der Waals surface area contributed by atoms with E-state index in [1.165, 1.54) is 44.2 Å². The average molecular weight is 409 g/mol. The number of nitrogens with zero attached hydrogens (tertiary/aromatic N) is 6. The number of aromatic nitrogens is 6. The standard InChI is InChI=1S/C19H19N7O4/c1-20-18(30)19-5-9(19)14(15(28)16(19)29)26-8-24-11-7-23-13(25-17(11)26)4-12(27)10-6-21-2-3-22-10/h2-4,6-9,14-16,27-29H,5H2,1H3,(H,20,30)/b12-4-/t9-,14-,15+,16+,19+/m1/s1. The van der Waals surface area contributed by atoms with Gasteiger partial charge in [0.2, 0.25) is 5.91 Å². The van der Waals surface area contributed by atoms with Crippen LogP contribution in [-0.2, 0) is 4.79 Å². The van der Waals surface area contributed by atoms with Crippen molar-refractivity contribution in [2.75, 3.05) is 7.05 Å². The smallest absolute Gasteiger partial charge is 0.229 e. The topological polar surface area (TPSA) is 159 Å². The van der Waals surface area contributed by atoms with Gasteiger partial charge in [-0.25, -0.2) is 19.9 Å². The van der Waals surface area contributed by atoms with Crippen LogP contribution in [0.4, 0.5) is 0 Å². The Morgan fingerprint density at radius 3 is 2.83 bits per heavy atom. The van der Waals surface area contributed by atoms with Crippen molar-refractivity contribution in [2.24, 2.45) is 11.3 Å². The van der Waals surface area contributed by atoms with Crippen LogP contribution in [0.3, 0.4) is 0 Å². The lowest BCUT2D eigenvalue weighted by atomic mass is 9.98. The number of rotatable bonds is 4. The molecule has 3 heterocycles. The van der Waals surface area contributed by atoms with Gasteiger partial charge < -0.3 is 25.2 Å². The quantitative estimate of drug-likeness (QED) is 0.424. The van der Waals surface area contributed by atoms with E-state index in [9.17, 15) is 20.1 Å².